The molecular formula is C17H38OSi2. The average Bonchev–Trinajstić information content (AvgIpc) is 2.41. The maximum atomic E-state index is 6.14. The Morgan fingerprint density at radius 1 is 0.850 bits per heavy atom. The van der Waals surface area contributed by atoms with Crippen molar-refractivity contribution in [2.45, 2.75) is 97.2 Å². The second-order valence-electron chi connectivity index (χ2n) is 6.57. The third-order valence-corrected chi connectivity index (χ3v) is 9.95. The Labute approximate surface area is 131 Å². The number of unbranched alkanes of at least 4 members (excludes halogenated alkanes) is 9. The van der Waals surface area contributed by atoms with Gasteiger partial charge in [-0.05, 0) is 26.1 Å². The summed E-state index contributed by atoms with van der Waals surface area (Å²) in [4.78, 5) is 0. The van der Waals surface area contributed by atoms with Gasteiger partial charge >= 0.3 is 0 Å². The number of hydrogen-bond acceptors (Lipinski definition) is 1. The van der Waals surface area contributed by atoms with Crippen LogP contribution in [-0.2, 0) is 4.12 Å². The molecule has 0 heterocycles. The molecular weight excluding hydrogens is 276 g/mol. The maximum absolute atomic E-state index is 6.14. The van der Waals surface area contributed by atoms with E-state index < -0.39 is 8.32 Å². The van der Waals surface area contributed by atoms with Crippen LogP contribution in [0, 0.1) is 0 Å². The number of allylic oxidation sites excluding steroid dienone is 1. The molecule has 20 heavy (non-hydrogen) atoms. The van der Waals surface area contributed by atoms with Crippen LogP contribution >= 0.6 is 0 Å². The Kier molecular flexibility index (Phi) is 14.2. The number of hydrogen-bond donors (Lipinski definition) is 0. The third-order valence-electron chi connectivity index (χ3n) is 3.94. The molecule has 0 aromatic rings. The summed E-state index contributed by atoms with van der Waals surface area (Å²) >= 11 is 0. The summed E-state index contributed by atoms with van der Waals surface area (Å²) in [6.45, 7) is 9.15. The molecule has 0 aliphatic heterocycles. The van der Waals surface area contributed by atoms with Gasteiger partial charge in [0, 0.05) is 0 Å². The van der Waals surface area contributed by atoms with Crippen molar-refractivity contribution in [3.8, 4) is 0 Å². The fraction of sp³-hybridized carbons (Fsp3) is 0.882. The fourth-order valence-corrected chi connectivity index (χ4v) is 6.54. The van der Waals surface area contributed by atoms with Crippen LogP contribution < -0.4 is 0 Å². The van der Waals surface area contributed by atoms with Crippen LogP contribution in [-0.4, -0.2) is 18.1 Å². The molecule has 0 radical (unpaired) electrons. The van der Waals surface area contributed by atoms with Crippen LogP contribution in [0.1, 0.15) is 78.1 Å². The van der Waals surface area contributed by atoms with E-state index in [0.29, 0.717) is 0 Å². The van der Waals surface area contributed by atoms with Crippen LogP contribution in [0.15, 0.2) is 11.8 Å². The molecule has 0 saturated heterocycles. The van der Waals surface area contributed by atoms with Gasteiger partial charge in [-0.15, -0.1) is 0 Å². The summed E-state index contributed by atoms with van der Waals surface area (Å²) in [6.07, 6.45) is 16.4. The van der Waals surface area contributed by atoms with Gasteiger partial charge in [-0.25, -0.2) is 0 Å². The van der Waals surface area contributed by atoms with Crippen molar-refractivity contribution in [1.82, 2.24) is 0 Å². The lowest BCUT2D eigenvalue weighted by Gasteiger charge is -2.22. The minimum atomic E-state index is -1.32. The molecule has 0 aromatic carbocycles. The van der Waals surface area contributed by atoms with Gasteiger partial charge in [0.25, 0.3) is 0 Å². The Morgan fingerprint density at radius 3 is 1.85 bits per heavy atom. The molecule has 3 heteroatoms. The van der Waals surface area contributed by atoms with E-state index >= 15 is 0 Å². The minimum Gasteiger partial charge on any atom is -0.457 e. The van der Waals surface area contributed by atoms with Crippen molar-refractivity contribution >= 4 is 18.1 Å². The first kappa shape index (κ1) is 20.1. The standard InChI is InChI=1S/C17H38OSi2/c1-5-7-8-9-10-11-12-13-14-15-17-20(3,4)18-19-16-6-2/h6,16H,5,7-15,17,19H2,1-4H3. The highest BCUT2D eigenvalue weighted by Crippen LogP contribution is 2.17. The lowest BCUT2D eigenvalue weighted by atomic mass is 10.1. The molecule has 0 bridgehead atoms. The number of rotatable bonds is 14. The van der Waals surface area contributed by atoms with Crippen molar-refractivity contribution in [3.63, 3.8) is 0 Å². The topological polar surface area (TPSA) is 9.23 Å². The van der Waals surface area contributed by atoms with E-state index in [9.17, 15) is 0 Å². The van der Waals surface area contributed by atoms with Crippen LogP contribution in [0.25, 0.3) is 0 Å². The van der Waals surface area contributed by atoms with Gasteiger partial charge < -0.3 is 4.12 Å². The first-order chi connectivity index (χ1) is 9.62. The van der Waals surface area contributed by atoms with Crippen molar-refractivity contribution < 1.29 is 4.12 Å². The quantitative estimate of drug-likeness (QED) is 0.293. The van der Waals surface area contributed by atoms with E-state index in [1.54, 1.807) is 0 Å². The molecule has 0 fully saturated rings. The van der Waals surface area contributed by atoms with E-state index in [-0.39, 0.29) is 9.76 Å². The van der Waals surface area contributed by atoms with Gasteiger partial charge in [-0.1, -0.05) is 82.9 Å². The zero-order valence-electron chi connectivity index (χ0n) is 14.5. The van der Waals surface area contributed by atoms with E-state index in [2.05, 4.69) is 38.7 Å². The first-order valence-electron chi connectivity index (χ1n) is 8.87. The third kappa shape index (κ3) is 14.5. The minimum absolute atomic E-state index is 0.370. The normalized spacial score (nSPS) is 13.0. The average molecular weight is 315 g/mol. The molecule has 0 aliphatic carbocycles. The van der Waals surface area contributed by atoms with Crippen LogP contribution in [0.2, 0.25) is 19.1 Å². The zero-order chi connectivity index (χ0) is 15.1. The maximum Gasteiger partial charge on any atom is 0.173 e. The molecule has 0 N–H and O–H groups in total. The van der Waals surface area contributed by atoms with E-state index in [4.69, 9.17) is 4.12 Å². The van der Waals surface area contributed by atoms with Gasteiger partial charge in [0.1, 0.15) is 0 Å². The summed E-state index contributed by atoms with van der Waals surface area (Å²) in [6, 6.07) is 1.36. The van der Waals surface area contributed by atoms with Gasteiger partial charge in [-0.3, -0.25) is 0 Å². The summed E-state index contributed by atoms with van der Waals surface area (Å²) < 4.78 is 6.14. The summed E-state index contributed by atoms with van der Waals surface area (Å²) in [5, 5.41) is 0. The first-order valence-corrected chi connectivity index (χ1v) is 13.4. The van der Waals surface area contributed by atoms with Crippen LogP contribution in [0.3, 0.4) is 0 Å². The monoisotopic (exact) mass is 314 g/mol. The van der Waals surface area contributed by atoms with Crippen molar-refractivity contribution in [3.05, 3.63) is 11.8 Å². The highest BCUT2D eigenvalue weighted by molar-refractivity contribution is 6.75. The molecule has 0 aliphatic rings. The molecule has 120 valence electrons. The van der Waals surface area contributed by atoms with Crippen molar-refractivity contribution in [1.29, 1.82) is 0 Å². The zero-order valence-corrected chi connectivity index (χ0v) is 17.0. The Bertz CT molecular complexity index is 227. The van der Waals surface area contributed by atoms with E-state index in [1.165, 1.54) is 70.3 Å². The van der Waals surface area contributed by atoms with Crippen molar-refractivity contribution in [2.75, 3.05) is 0 Å². The molecule has 0 atom stereocenters. The van der Waals surface area contributed by atoms with Gasteiger partial charge in [0.05, 0.1) is 0 Å². The largest absolute Gasteiger partial charge is 0.457 e. The van der Waals surface area contributed by atoms with Gasteiger partial charge in [-0.2, -0.15) is 0 Å². The summed E-state index contributed by atoms with van der Waals surface area (Å²) in [7, 11) is -1.69. The fourth-order valence-electron chi connectivity index (χ4n) is 2.48. The lowest BCUT2D eigenvalue weighted by molar-refractivity contribution is 0.551. The van der Waals surface area contributed by atoms with Gasteiger partial charge in [0.15, 0.2) is 18.1 Å². The summed E-state index contributed by atoms with van der Waals surface area (Å²) in [5.41, 5.74) is 2.26. The predicted octanol–water partition coefficient (Wildman–Crippen LogP) is 5.75. The SMILES string of the molecule is CC=C[SiH2]O[Si](C)(C)CCCCCCCCCCCC. The highest BCUT2D eigenvalue weighted by atomic mass is 28.4. The molecule has 0 aromatic heterocycles. The van der Waals surface area contributed by atoms with Gasteiger partial charge in [0.2, 0.25) is 0 Å². The molecule has 0 spiro atoms. The van der Waals surface area contributed by atoms with Crippen LogP contribution in [0.5, 0.6) is 0 Å². The molecule has 0 unspecified atom stereocenters. The second-order valence-corrected chi connectivity index (χ2v) is 12.6. The summed E-state index contributed by atoms with van der Waals surface area (Å²) in [5.74, 6) is 0. The highest BCUT2D eigenvalue weighted by Gasteiger charge is 2.20. The molecule has 0 saturated carbocycles. The van der Waals surface area contributed by atoms with Crippen molar-refractivity contribution in [2.24, 2.45) is 0 Å². The van der Waals surface area contributed by atoms with E-state index in [0.717, 1.165) is 0 Å². The Hall–Kier alpha value is 0.134. The Morgan fingerprint density at radius 2 is 1.35 bits per heavy atom. The Balaban J connectivity index is 3.29. The molecule has 0 rings (SSSR count). The smallest absolute Gasteiger partial charge is 0.173 e. The molecule has 1 nitrogen and oxygen atoms in total. The van der Waals surface area contributed by atoms with Crippen LogP contribution in [0.4, 0.5) is 0 Å². The second kappa shape index (κ2) is 14.1. The van der Waals surface area contributed by atoms with E-state index in [1.807, 2.05) is 0 Å². The molecule has 0 amide bonds. The lowest BCUT2D eigenvalue weighted by Crippen LogP contribution is -2.31. The predicted molar refractivity (Wildman–Crippen MR) is 98.6 cm³/mol.